The van der Waals surface area contributed by atoms with Crippen molar-refractivity contribution >= 4 is 0 Å². The van der Waals surface area contributed by atoms with Crippen molar-refractivity contribution < 1.29 is 0 Å². The second kappa shape index (κ2) is 4.14. The van der Waals surface area contributed by atoms with Crippen molar-refractivity contribution in [2.75, 3.05) is 20.1 Å². The molecule has 1 aliphatic heterocycles. The van der Waals surface area contributed by atoms with Crippen LogP contribution in [0.4, 0.5) is 0 Å². The summed E-state index contributed by atoms with van der Waals surface area (Å²) in [6.07, 6.45) is 2.70. The van der Waals surface area contributed by atoms with Crippen LogP contribution in [0, 0.1) is 6.92 Å². The second-order valence-electron chi connectivity index (χ2n) is 4.51. The molecule has 1 heteroatoms. The Kier molecular flexibility index (Phi) is 2.87. The molecule has 14 heavy (non-hydrogen) atoms. The molecule has 1 fully saturated rings. The van der Waals surface area contributed by atoms with Crippen molar-refractivity contribution in [3.8, 4) is 0 Å². The average molecular weight is 189 g/mol. The highest BCUT2D eigenvalue weighted by molar-refractivity contribution is 5.25. The van der Waals surface area contributed by atoms with Gasteiger partial charge < -0.3 is 4.90 Å². The number of likely N-dealkylation sites (tertiary alicyclic amines) is 1. The molecule has 1 atom stereocenters. The lowest BCUT2D eigenvalue weighted by Gasteiger charge is -2.29. The standard InChI is InChI=1S/C13H19N/c1-11-5-7-12(8-6-11)13-4-3-9-14(2)10-13/h5-8,13H,3-4,9-10H2,1-2H3. The largest absolute Gasteiger partial charge is 0.306 e. The van der Waals surface area contributed by atoms with E-state index in [1.54, 1.807) is 0 Å². The van der Waals surface area contributed by atoms with Gasteiger partial charge in [0, 0.05) is 6.54 Å². The van der Waals surface area contributed by atoms with E-state index in [1.807, 2.05) is 0 Å². The maximum atomic E-state index is 2.44. The fraction of sp³-hybridized carbons (Fsp3) is 0.538. The molecule has 0 aliphatic carbocycles. The van der Waals surface area contributed by atoms with E-state index in [1.165, 1.54) is 37.1 Å². The van der Waals surface area contributed by atoms with Crippen LogP contribution in [0.15, 0.2) is 24.3 Å². The molecule has 0 spiro atoms. The summed E-state index contributed by atoms with van der Waals surface area (Å²) in [5.74, 6) is 0.759. The Bertz CT molecular complexity index is 289. The lowest BCUT2D eigenvalue weighted by molar-refractivity contribution is 0.251. The van der Waals surface area contributed by atoms with Gasteiger partial charge in [0.1, 0.15) is 0 Å². The molecular weight excluding hydrogens is 170 g/mol. The summed E-state index contributed by atoms with van der Waals surface area (Å²) in [6.45, 7) is 4.64. The lowest BCUT2D eigenvalue weighted by Crippen LogP contribution is -2.30. The normalized spacial score (nSPS) is 23.7. The maximum Gasteiger partial charge on any atom is 0.00472 e. The van der Waals surface area contributed by atoms with Gasteiger partial charge in [-0.1, -0.05) is 29.8 Å². The number of likely N-dealkylation sites (N-methyl/N-ethyl adjacent to an activating group) is 1. The summed E-state index contributed by atoms with van der Waals surface area (Å²) >= 11 is 0. The van der Waals surface area contributed by atoms with Crippen molar-refractivity contribution in [3.63, 3.8) is 0 Å². The Hall–Kier alpha value is -0.820. The van der Waals surface area contributed by atoms with E-state index in [0.29, 0.717) is 0 Å². The van der Waals surface area contributed by atoms with Crippen LogP contribution < -0.4 is 0 Å². The third kappa shape index (κ3) is 2.16. The Morgan fingerprint density at radius 2 is 1.93 bits per heavy atom. The molecule has 1 aromatic carbocycles. The quantitative estimate of drug-likeness (QED) is 0.656. The lowest BCUT2D eigenvalue weighted by atomic mass is 9.90. The van der Waals surface area contributed by atoms with Gasteiger partial charge in [0.05, 0.1) is 0 Å². The monoisotopic (exact) mass is 189 g/mol. The maximum absolute atomic E-state index is 2.44. The van der Waals surface area contributed by atoms with E-state index in [9.17, 15) is 0 Å². The molecule has 1 saturated heterocycles. The SMILES string of the molecule is Cc1ccc(C2CCCN(C)C2)cc1. The van der Waals surface area contributed by atoms with Gasteiger partial charge in [-0.05, 0) is 44.8 Å². The third-order valence-electron chi connectivity index (χ3n) is 3.17. The van der Waals surface area contributed by atoms with Crippen LogP contribution >= 0.6 is 0 Å². The van der Waals surface area contributed by atoms with Crippen LogP contribution in [-0.2, 0) is 0 Å². The molecule has 0 radical (unpaired) electrons. The molecule has 1 nitrogen and oxygen atoms in total. The molecule has 0 bridgehead atoms. The molecule has 0 amide bonds. The Morgan fingerprint density at radius 1 is 1.21 bits per heavy atom. The van der Waals surface area contributed by atoms with E-state index in [4.69, 9.17) is 0 Å². The van der Waals surface area contributed by atoms with Crippen LogP contribution in [-0.4, -0.2) is 25.0 Å². The summed E-state index contributed by atoms with van der Waals surface area (Å²) in [4.78, 5) is 2.44. The summed E-state index contributed by atoms with van der Waals surface area (Å²) < 4.78 is 0. The van der Waals surface area contributed by atoms with Gasteiger partial charge in [0.15, 0.2) is 0 Å². The van der Waals surface area contributed by atoms with Crippen LogP contribution in [0.1, 0.15) is 29.9 Å². The molecule has 1 aromatic rings. The smallest absolute Gasteiger partial charge is 0.00472 e. The minimum absolute atomic E-state index is 0.759. The molecule has 76 valence electrons. The van der Waals surface area contributed by atoms with E-state index >= 15 is 0 Å². The molecule has 0 aromatic heterocycles. The number of aryl methyl sites for hydroxylation is 1. The van der Waals surface area contributed by atoms with Crippen molar-refractivity contribution in [2.45, 2.75) is 25.7 Å². The van der Waals surface area contributed by atoms with Gasteiger partial charge >= 0.3 is 0 Å². The number of piperidine rings is 1. The zero-order chi connectivity index (χ0) is 9.97. The fourth-order valence-corrected chi connectivity index (χ4v) is 2.28. The summed E-state index contributed by atoms with van der Waals surface area (Å²) in [5.41, 5.74) is 2.88. The highest BCUT2D eigenvalue weighted by atomic mass is 15.1. The predicted molar refractivity (Wildman–Crippen MR) is 60.7 cm³/mol. The molecule has 0 N–H and O–H groups in total. The number of benzene rings is 1. The van der Waals surface area contributed by atoms with E-state index in [2.05, 4.69) is 43.1 Å². The minimum atomic E-state index is 0.759. The van der Waals surface area contributed by atoms with E-state index in [0.717, 1.165) is 5.92 Å². The first-order valence-electron chi connectivity index (χ1n) is 5.51. The first-order chi connectivity index (χ1) is 6.75. The Balaban J connectivity index is 2.10. The summed E-state index contributed by atoms with van der Waals surface area (Å²) in [5, 5.41) is 0. The van der Waals surface area contributed by atoms with Crippen LogP contribution in [0.5, 0.6) is 0 Å². The first kappa shape index (κ1) is 9.72. The number of hydrogen-bond donors (Lipinski definition) is 0. The zero-order valence-electron chi connectivity index (χ0n) is 9.16. The summed E-state index contributed by atoms with van der Waals surface area (Å²) in [6, 6.07) is 9.03. The van der Waals surface area contributed by atoms with Crippen molar-refractivity contribution in [2.24, 2.45) is 0 Å². The molecule has 0 saturated carbocycles. The Labute approximate surface area is 86.7 Å². The van der Waals surface area contributed by atoms with Crippen molar-refractivity contribution in [3.05, 3.63) is 35.4 Å². The highest BCUT2D eigenvalue weighted by Gasteiger charge is 2.18. The number of nitrogens with zero attached hydrogens (tertiary/aromatic N) is 1. The van der Waals surface area contributed by atoms with E-state index < -0.39 is 0 Å². The van der Waals surface area contributed by atoms with Crippen molar-refractivity contribution in [1.82, 2.24) is 4.90 Å². The molecule has 2 rings (SSSR count). The Morgan fingerprint density at radius 3 is 2.57 bits per heavy atom. The highest BCUT2D eigenvalue weighted by Crippen LogP contribution is 2.26. The van der Waals surface area contributed by atoms with Gasteiger partial charge in [0.2, 0.25) is 0 Å². The van der Waals surface area contributed by atoms with Gasteiger partial charge in [-0.3, -0.25) is 0 Å². The third-order valence-corrected chi connectivity index (χ3v) is 3.17. The fourth-order valence-electron chi connectivity index (χ4n) is 2.28. The summed E-state index contributed by atoms with van der Waals surface area (Å²) in [7, 11) is 2.22. The van der Waals surface area contributed by atoms with Crippen molar-refractivity contribution in [1.29, 1.82) is 0 Å². The average Bonchev–Trinajstić information content (AvgIpc) is 2.19. The zero-order valence-corrected chi connectivity index (χ0v) is 9.16. The predicted octanol–water partition coefficient (Wildman–Crippen LogP) is 2.80. The number of hydrogen-bond acceptors (Lipinski definition) is 1. The van der Waals surface area contributed by atoms with E-state index in [-0.39, 0.29) is 0 Å². The van der Waals surface area contributed by atoms with Crippen LogP contribution in [0.2, 0.25) is 0 Å². The van der Waals surface area contributed by atoms with Gasteiger partial charge in [-0.15, -0.1) is 0 Å². The first-order valence-corrected chi connectivity index (χ1v) is 5.51. The van der Waals surface area contributed by atoms with Gasteiger partial charge in [-0.2, -0.15) is 0 Å². The molecule has 1 unspecified atom stereocenters. The molecule has 1 heterocycles. The van der Waals surface area contributed by atoms with Crippen LogP contribution in [0.3, 0.4) is 0 Å². The molecular formula is C13H19N. The van der Waals surface area contributed by atoms with Gasteiger partial charge in [0.25, 0.3) is 0 Å². The van der Waals surface area contributed by atoms with Crippen LogP contribution in [0.25, 0.3) is 0 Å². The topological polar surface area (TPSA) is 3.24 Å². The molecule has 1 aliphatic rings. The second-order valence-corrected chi connectivity index (χ2v) is 4.51. The number of rotatable bonds is 1. The van der Waals surface area contributed by atoms with Gasteiger partial charge in [-0.25, -0.2) is 0 Å². The minimum Gasteiger partial charge on any atom is -0.306 e.